The van der Waals surface area contributed by atoms with Crippen molar-refractivity contribution in [1.82, 2.24) is 10.2 Å². The molecular weight excluding hydrogens is 196 g/mol. The molecule has 0 aromatic heterocycles. The molecule has 0 radical (unpaired) electrons. The zero-order valence-corrected chi connectivity index (χ0v) is 11.6. The molecule has 1 N–H and O–H groups in total. The predicted octanol–water partition coefficient (Wildman–Crippen LogP) is 2.89. The van der Waals surface area contributed by atoms with E-state index in [-0.39, 0.29) is 0 Å². The van der Waals surface area contributed by atoms with E-state index in [1.807, 2.05) is 0 Å². The SMILES string of the molecule is CCCCN(C(C)CNCC(C)C)C1CC1. The predicted molar refractivity (Wildman–Crippen MR) is 71.8 cm³/mol. The highest BCUT2D eigenvalue weighted by Crippen LogP contribution is 2.28. The molecule has 0 bridgehead atoms. The van der Waals surface area contributed by atoms with Gasteiger partial charge in [-0.05, 0) is 45.2 Å². The Balaban J connectivity index is 2.21. The Morgan fingerprint density at radius 3 is 2.38 bits per heavy atom. The second-order valence-electron chi connectivity index (χ2n) is 5.72. The minimum Gasteiger partial charge on any atom is -0.315 e. The second-order valence-corrected chi connectivity index (χ2v) is 5.72. The van der Waals surface area contributed by atoms with Gasteiger partial charge in [-0.25, -0.2) is 0 Å². The second kappa shape index (κ2) is 7.29. The van der Waals surface area contributed by atoms with Gasteiger partial charge in [0.1, 0.15) is 0 Å². The quantitative estimate of drug-likeness (QED) is 0.650. The van der Waals surface area contributed by atoms with Crippen LogP contribution in [0.4, 0.5) is 0 Å². The summed E-state index contributed by atoms with van der Waals surface area (Å²) < 4.78 is 0. The molecule has 1 rings (SSSR count). The zero-order chi connectivity index (χ0) is 12.0. The average molecular weight is 226 g/mol. The summed E-state index contributed by atoms with van der Waals surface area (Å²) in [7, 11) is 0. The number of hydrogen-bond donors (Lipinski definition) is 1. The molecule has 0 heterocycles. The number of rotatable bonds is 9. The van der Waals surface area contributed by atoms with Crippen LogP contribution in [-0.4, -0.2) is 36.6 Å². The number of hydrogen-bond acceptors (Lipinski definition) is 2. The van der Waals surface area contributed by atoms with Gasteiger partial charge in [0, 0.05) is 18.6 Å². The molecule has 0 amide bonds. The van der Waals surface area contributed by atoms with E-state index in [9.17, 15) is 0 Å². The maximum atomic E-state index is 3.58. The number of nitrogens with one attached hydrogen (secondary N) is 1. The average Bonchev–Trinajstić information content (AvgIpc) is 3.02. The van der Waals surface area contributed by atoms with Crippen molar-refractivity contribution in [2.75, 3.05) is 19.6 Å². The van der Waals surface area contributed by atoms with Crippen LogP contribution in [0.3, 0.4) is 0 Å². The first-order valence-corrected chi connectivity index (χ1v) is 7.11. The van der Waals surface area contributed by atoms with E-state index in [0.717, 1.165) is 25.0 Å². The van der Waals surface area contributed by atoms with Crippen LogP contribution in [0.15, 0.2) is 0 Å². The lowest BCUT2D eigenvalue weighted by Crippen LogP contribution is -2.43. The standard InChI is InChI=1S/C14H30N2/c1-5-6-9-16(14-7-8-14)13(4)11-15-10-12(2)3/h12-15H,5-11H2,1-4H3. The van der Waals surface area contributed by atoms with Gasteiger partial charge in [0.25, 0.3) is 0 Å². The first-order chi connectivity index (χ1) is 7.65. The Morgan fingerprint density at radius 2 is 1.88 bits per heavy atom. The largest absolute Gasteiger partial charge is 0.315 e. The van der Waals surface area contributed by atoms with Crippen molar-refractivity contribution in [3.05, 3.63) is 0 Å². The first-order valence-electron chi connectivity index (χ1n) is 7.11. The van der Waals surface area contributed by atoms with Crippen molar-refractivity contribution in [3.63, 3.8) is 0 Å². The first kappa shape index (κ1) is 14.0. The van der Waals surface area contributed by atoms with E-state index >= 15 is 0 Å². The molecule has 2 nitrogen and oxygen atoms in total. The van der Waals surface area contributed by atoms with Gasteiger partial charge in [0.05, 0.1) is 0 Å². The smallest absolute Gasteiger partial charge is 0.0195 e. The molecule has 0 saturated heterocycles. The fourth-order valence-electron chi connectivity index (χ4n) is 2.21. The fraction of sp³-hybridized carbons (Fsp3) is 1.00. The van der Waals surface area contributed by atoms with E-state index < -0.39 is 0 Å². The molecule has 1 atom stereocenters. The molecule has 1 aliphatic carbocycles. The molecule has 16 heavy (non-hydrogen) atoms. The molecule has 0 spiro atoms. The summed E-state index contributed by atoms with van der Waals surface area (Å²) in [5, 5.41) is 3.58. The lowest BCUT2D eigenvalue weighted by molar-refractivity contribution is 0.190. The van der Waals surface area contributed by atoms with Crippen LogP contribution < -0.4 is 5.32 Å². The molecule has 0 aromatic rings. The van der Waals surface area contributed by atoms with Crippen LogP contribution in [-0.2, 0) is 0 Å². The van der Waals surface area contributed by atoms with Crippen molar-refractivity contribution in [2.24, 2.45) is 5.92 Å². The molecule has 0 aliphatic heterocycles. The summed E-state index contributed by atoms with van der Waals surface area (Å²) in [6.45, 7) is 12.8. The van der Waals surface area contributed by atoms with Crippen molar-refractivity contribution >= 4 is 0 Å². The molecule has 96 valence electrons. The summed E-state index contributed by atoms with van der Waals surface area (Å²) >= 11 is 0. The van der Waals surface area contributed by atoms with Gasteiger partial charge < -0.3 is 5.32 Å². The summed E-state index contributed by atoms with van der Waals surface area (Å²) in [6, 6.07) is 1.61. The molecule has 1 aliphatic rings. The van der Waals surface area contributed by atoms with E-state index in [4.69, 9.17) is 0 Å². The molecule has 0 aromatic carbocycles. The third-order valence-corrected chi connectivity index (χ3v) is 3.34. The number of nitrogens with zero attached hydrogens (tertiary/aromatic N) is 1. The van der Waals surface area contributed by atoms with Gasteiger partial charge >= 0.3 is 0 Å². The van der Waals surface area contributed by atoms with Gasteiger partial charge in [0.15, 0.2) is 0 Å². The lowest BCUT2D eigenvalue weighted by Gasteiger charge is -2.29. The van der Waals surface area contributed by atoms with E-state index in [1.165, 1.54) is 32.2 Å². The molecule has 1 fully saturated rings. The Bertz CT molecular complexity index is 176. The van der Waals surface area contributed by atoms with Crippen molar-refractivity contribution in [3.8, 4) is 0 Å². The highest BCUT2D eigenvalue weighted by molar-refractivity contribution is 4.88. The minimum atomic E-state index is 0.706. The van der Waals surface area contributed by atoms with Crippen molar-refractivity contribution < 1.29 is 0 Å². The fourth-order valence-corrected chi connectivity index (χ4v) is 2.21. The molecule has 1 unspecified atom stereocenters. The monoisotopic (exact) mass is 226 g/mol. The molecule has 1 saturated carbocycles. The van der Waals surface area contributed by atoms with Gasteiger partial charge in [-0.15, -0.1) is 0 Å². The lowest BCUT2D eigenvalue weighted by atomic mass is 10.2. The highest BCUT2D eigenvalue weighted by Gasteiger charge is 2.31. The van der Waals surface area contributed by atoms with Crippen LogP contribution >= 0.6 is 0 Å². The van der Waals surface area contributed by atoms with E-state index in [0.29, 0.717) is 6.04 Å². The zero-order valence-electron chi connectivity index (χ0n) is 11.6. The Kier molecular flexibility index (Phi) is 6.37. The van der Waals surface area contributed by atoms with E-state index in [1.54, 1.807) is 0 Å². The highest BCUT2D eigenvalue weighted by atomic mass is 15.2. The van der Waals surface area contributed by atoms with Gasteiger partial charge in [-0.2, -0.15) is 0 Å². The summed E-state index contributed by atoms with van der Waals surface area (Å²) in [4.78, 5) is 2.72. The third-order valence-electron chi connectivity index (χ3n) is 3.34. The maximum Gasteiger partial charge on any atom is 0.0195 e. The van der Waals surface area contributed by atoms with Crippen molar-refractivity contribution in [1.29, 1.82) is 0 Å². The van der Waals surface area contributed by atoms with E-state index in [2.05, 4.69) is 37.9 Å². The number of unbranched alkanes of at least 4 members (excludes halogenated alkanes) is 1. The van der Waals surface area contributed by atoms with Crippen LogP contribution in [0.25, 0.3) is 0 Å². The summed E-state index contributed by atoms with van der Waals surface area (Å²) in [5.74, 6) is 0.761. The van der Waals surface area contributed by atoms with Crippen LogP contribution in [0, 0.1) is 5.92 Å². The topological polar surface area (TPSA) is 15.3 Å². The van der Waals surface area contributed by atoms with Gasteiger partial charge in [0.2, 0.25) is 0 Å². The Morgan fingerprint density at radius 1 is 1.19 bits per heavy atom. The molecular formula is C14H30N2. The van der Waals surface area contributed by atoms with Gasteiger partial charge in [-0.3, -0.25) is 4.90 Å². The maximum absolute atomic E-state index is 3.58. The van der Waals surface area contributed by atoms with Crippen LogP contribution in [0.5, 0.6) is 0 Å². The summed E-state index contributed by atoms with van der Waals surface area (Å²) in [6.07, 6.45) is 5.52. The minimum absolute atomic E-state index is 0.706. The molecule has 2 heteroatoms. The van der Waals surface area contributed by atoms with Crippen molar-refractivity contribution in [2.45, 2.75) is 65.5 Å². The Hall–Kier alpha value is -0.0800. The van der Waals surface area contributed by atoms with Crippen LogP contribution in [0.2, 0.25) is 0 Å². The Labute approximate surface area is 102 Å². The van der Waals surface area contributed by atoms with Crippen LogP contribution in [0.1, 0.15) is 53.4 Å². The normalized spacial score (nSPS) is 18.4. The summed E-state index contributed by atoms with van der Waals surface area (Å²) in [5.41, 5.74) is 0. The third kappa shape index (κ3) is 5.31. The van der Waals surface area contributed by atoms with Gasteiger partial charge in [-0.1, -0.05) is 27.2 Å².